The molecular weight excluding hydrogens is 118 g/mol. The summed E-state index contributed by atoms with van der Waals surface area (Å²) < 4.78 is 0. The van der Waals surface area contributed by atoms with E-state index in [0.29, 0.717) is 0 Å². The Morgan fingerprint density at radius 1 is 1.75 bits per heavy atom. The van der Waals surface area contributed by atoms with E-state index in [2.05, 4.69) is 6.92 Å². The van der Waals surface area contributed by atoms with Gasteiger partial charge in [0, 0.05) is 5.75 Å². The molecule has 8 heavy (non-hydrogen) atoms. The van der Waals surface area contributed by atoms with Crippen LogP contribution in [0.3, 0.4) is 0 Å². The van der Waals surface area contributed by atoms with Crippen LogP contribution in [-0.2, 0) is 0 Å². The van der Waals surface area contributed by atoms with Crippen molar-refractivity contribution >= 4 is 11.8 Å². The third-order valence-corrected chi connectivity index (χ3v) is 1.32. The number of hydrogen-bond acceptors (Lipinski definition) is 2. The van der Waals surface area contributed by atoms with Crippen LogP contribution in [0.5, 0.6) is 0 Å². The van der Waals surface area contributed by atoms with Gasteiger partial charge in [-0.1, -0.05) is 19.8 Å². The van der Waals surface area contributed by atoms with E-state index in [9.17, 15) is 0 Å². The van der Waals surface area contributed by atoms with Gasteiger partial charge in [-0.15, -0.1) is 0 Å². The molecule has 0 aliphatic carbocycles. The molecular formula is C6H10NS. The first-order valence-corrected chi connectivity index (χ1v) is 3.66. The van der Waals surface area contributed by atoms with Gasteiger partial charge in [0.15, 0.2) is 0 Å². The van der Waals surface area contributed by atoms with Crippen LogP contribution in [0.15, 0.2) is 0 Å². The second-order valence-corrected chi connectivity index (χ2v) is 2.27. The Balaban J connectivity index is 2.65. The van der Waals surface area contributed by atoms with Crippen LogP contribution >= 0.6 is 11.8 Å². The zero-order valence-corrected chi connectivity index (χ0v) is 5.87. The average molecular weight is 128 g/mol. The van der Waals surface area contributed by atoms with Crippen LogP contribution in [0.1, 0.15) is 26.2 Å². The van der Waals surface area contributed by atoms with Crippen molar-refractivity contribution in [3.8, 4) is 5.40 Å². The fraction of sp³-hybridized carbons (Fsp3) is 0.667. The number of thiocyanates is 1. The second-order valence-electron chi connectivity index (χ2n) is 1.52. The van der Waals surface area contributed by atoms with Gasteiger partial charge in [-0.05, 0) is 18.2 Å². The quantitative estimate of drug-likeness (QED) is 0.429. The maximum absolute atomic E-state index is 8.05. The highest BCUT2D eigenvalue weighted by atomic mass is 32.2. The third-order valence-electron chi connectivity index (χ3n) is 0.812. The Morgan fingerprint density at radius 2 is 2.50 bits per heavy atom. The number of nitriles is 1. The Morgan fingerprint density at radius 3 is 3.00 bits per heavy atom. The summed E-state index contributed by atoms with van der Waals surface area (Å²) in [5.41, 5.74) is 0. The van der Waals surface area contributed by atoms with Crippen LogP contribution in [0.4, 0.5) is 0 Å². The van der Waals surface area contributed by atoms with Gasteiger partial charge in [0.25, 0.3) is 0 Å². The van der Waals surface area contributed by atoms with E-state index in [1.807, 2.05) is 11.2 Å². The highest BCUT2D eigenvalue weighted by Gasteiger charge is 1.84. The van der Waals surface area contributed by atoms with Crippen molar-refractivity contribution in [3.05, 3.63) is 5.75 Å². The molecule has 0 bridgehead atoms. The van der Waals surface area contributed by atoms with E-state index >= 15 is 0 Å². The summed E-state index contributed by atoms with van der Waals surface area (Å²) in [5.74, 6) is 1.95. The van der Waals surface area contributed by atoms with Gasteiger partial charge in [-0.25, -0.2) is 0 Å². The Kier molecular flexibility index (Phi) is 6.70. The van der Waals surface area contributed by atoms with Crippen molar-refractivity contribution in [2.75, 3.05) is 0 Å². The van der Waals surface area contributed by atoms with Crippen molar-refractivity contribution in [3.63, 3.8) is 0 Å². The molecule has 0 aromatic rings. The summed E-state index contributed by atoms with van der Waals surface area (Å²) in [7, 11) is 0. The van der Waals surface area contributed by atoms with Gasteiger partial charge >= 0.3 is 0 Å². The van der Waals surface area contributed by atoms with Gasteiger partial charge in [0.2, 0.25) is 0 Å². The van der Waals surface area contributed by atoms with Gasteiger partial charge in [-0.2, -0.15) is 5.26 Å². The molecule has 1 nitrogen and oxygen atoms in total. The Hall–Kier alpha value is -0.160. The van der Waals surface area contributed by atoms with Crippen molar-refractivity contribution in [1.29, 1.82) is 5.26 Å². The SMILES string of the molecule is CCCC[CH]SC#N. The monoisotopic (exact) mass is 128 g/mol. The van der Waals surface area contributed by atoms with Crippen LogP contribution in [0, 0.1) is 16.4 Å². The van der Waals surface area contributed by atoms with E-state index in [-0.39, 0.29) is 0 Å². The number of thioether (sulfide) groups is 1. The number of nitrogens with zero attached hydrogens (tertiary/aromatic N) is 1. The van der Waals surface area contributed by atoms with E-state index < -0.39 is 0 Å². The highest BCUT2D eigenvalue weighted by molar-refractivity contribution is 8.05. The van der Waals surface area contributed by atoms with Gasteiger partial charge in [0.05, 0.1) is 0 Å². The summed E-state index contributed by atoms with van der Waals surface area (Å²) in [6, 6.07) is 0. The average Bonchev–Trinajstić information content (AvgIpc) is 1.81. The van der Waals surface area contributed by atoms with Crippen LogP contribution in [0.2, 0.25) is 0 Å². The molecule has 0 amide bonds. The first-order valence-electron chi connectivity index (χ1n) is 2.78. The molecule has 0 saturated heterocycles. The van der Waals surface area contributed by atoms with E-state index in [1.54, 1.807) is 0 Å². The molecule has 2 heteroatoms. The molecule has 0 aliphatic rings. The van der Waals surface area contributed by atoms with Crippen LogP contribution in [-0.4, -0.2) is 0 Å². The zero-order valence-electron chi connectivity index (χ0n) is 5.05. The van der Waals surface area contributed by atoms with Gasteiger partial charge in [0.1, 0.15) is 5.40 Å². The maximum Gasteiger partial charge on any atom is 0.133 e. The van der Waals surface area contributed by atoms with Crippen molar-refractivity contribution in [1.82, 2.24) is 0 Å². The number of unbranched alkanes of at least 4 members (excludes halogenated alkanes) is 2. The molecule has 0 heterocycles. The molecule has 45 valence electrons. The molecule has 0 fully saturated rings. The smallest absolute Gasteiger partial charge is 0.133 e. The minimum absolute atomic E-state index is 1.06. The molecule has 0 rings (SSSR count). The maximum atomic E-state index is 8.05. The summed E-state index contributed by atoms with van der Waals surface area (Å²) in [6.45, 7) is 2.14. The Bertz CT molecular complexity index is 75.1. The molecule has 0 N–H and O–H groups in total. The minimum atomic E-state index is 1.06. The normalized spacial score (nSPS) is 8.50. The van der Waals surface area contributed by atoms with Crippen LogP contribution in [0.25, 0.3) is 0 Å². The fourth-order valence-electron chi connectivity index (χ4n) is 0.384. The lowest BCUT2D eigenvalue weighted by Gasteiger charge is -1.88. The first kappa shape index (κ1) is 7.84. The molecule has 0 spiro atoms. The lowest BCUT2D eigenvalue weighted by atomic mass is 10.3. The van der Waals surface area contributed by atoms with E-state index in [0.717, 1.165) is 6.42 Å². The molecule has 0 aliphatic heterocycles. The first-order chi connectivity index (χ1) is 3.91. The summed E-state index contributed by atoms with van der Waals surface area (Å²) in [5, 5.41) is 10.0. The summed E-state index contributed by atoms with van der Waals surface area (Å²) >= 11 is 1.23. The number of rotatable bonds is 4. The third kappa shape index (κ3) is 5.84. The predicted octanol–water partition coefficient (Wildman–Crippen LogP) is 2.55. The fourth-order valence-corrected chi connectivity index (χ4v) is 0.743. The van der Waals surface area contributed by atoms with E-state index in [4.69, 9.17) is 5.26 Å². The lowest BCUT2D eigenvalue weighted by Crippen LogP contribution is -1.68. The van der Waals surface area contributed by atoms with Crippen LogP contribution < -0.4 is 0 Å². The van der Waals surface area contributed by atoms with E-state index in [1.165, 1.54) is 24.6 Å². The summed E-state index contributed by atoms with van der Waals surface area (Å²) in [4.78, 5) is 0. The van der Waals surface area contributed by atoms with Crippen molar-refractivity contribution in [2.45, 2.75) is 26.2 Å². The highest BCUT2D eigenvalue weighted by Crippen LogP contribution is 2.08. The minimum Gasteiger partial charge on any atom is -0.185 e. The summed E-state index contributed by atoms with van der Waals surface area (Å²) in [6.07, 6.45) is 3.48. The number of hydrogen-bond donors (Lipinski definition) is 0. The lowest BCUT2D eigenvalue weighted by molar-refractivity contribution is 0.807. The predicted molar refractivity (Wildman–Crippen MR) is 37.0 cm³/mol. The molecule has 0 aromatic carbocycles. The Labute approximate surface area is 55.1 Å². The van der Waals surface area contributed by atoms with Gasteiger partial charge in [-0.3, -0.25) is 0 Å². The van der Waals surface area contributed by atoms with Crippen molar-refractivity contribution in [2.24, 2.45) is 0 Å². The topological polar surface area (TPSA) is 23.8 Å². The molecule has 0 atom stereocenters. The van der Waals surface area contributed by atoms with Crippen molar-refractivity contribution < 1.29 is 0 Å². The molecule has 0 aromatic heterocycles. The van der Waals surface area contributed by atoms with Gasteiger partial charge < -0.3 is 0 Å². The molecule has 0 unspecified atom stereocenters. The zero-order chi connectivity index (χ0) is 6.24. The standard InChI is InChI=1S/C6H10NS/c1-2-3-4-5-8-6-7/h5H,2-4H2,1H3. The second kappa shape index (κ2) is 6.84. The molecule has 1 radical (unpaired) electrons. The molecule has 0 saturated carbocycles. The largest absolute Gasteiger partial charge is 0.185 e.